The number of halogens is 3. The maximum atomic E-state index is 13.4. The molecule has 1 aromatic rings. The number of rotatable bonds is 14. The summed E-state index contributed by atoms with van der Waals surface area (Å²) < 4.78 is 39.1. The van der Waals surface area contributed by atoms with Crippen LogP contribution >= 0.6 is 0 Å². The molecule has 1 saturated heterocycles. The van der Waals surface area contributed by atoms with E-state index in [1.54, 1.807) is 32.0 Å². The van der Waals surface area contributed by atoms with Gasteiger partial charge < -0.3 is 20.9 Å². The van der Waals surface area contributed by atoms with Crippen molar-refractivity contribution in [1.29, 1.82) is 0 Å². The summed E-state index contributed by atoms with van der Waals surface area (Å²) in [6, 6.07) is 1.32. The number of aromatic nitrogens is 1. The SMILES string of the molecule is CC(C)C(NC(=O)CCCCCNC(=O)c1ccccn1)C(=O)N1CCC[C@H]1C(=O)NC(C(=O)C(F)(F)F)C(C)C. The van der Waals surface area contributed by atoms with Gasteiger partial charge in [-0.3, -0.25) is 29.0 Å². The van der Waals surface area contributed by atoms with Gasteiger partial charge in [0.2, 0.25) is 17.7 Å². The molecule has 0 radical (unpaired) electrons. The van der Waals surface area contributed by atoms with Crippen molar-refractivity contribution in [2.75, 3.05) is 13.1 Å². The second kappa shape index (κ2) is 15.5. The lowest BCUT2D eigenvalue weighted by atomic mass is 9.98. The lowest BCUT2D eigenvalue weighted by Crippen LogP contribution is -2.58. The molecule has 13 heteroatoms. The first kappa shape index (κ1) is 33.7. The molecule has 0 spiro atoms. The fraction of sp³-hybridized carbons (Fsp3) is 0.643. The molecule has 2 unspecified atom stereocenters. The number of amides is 4. The summed E-state index contributed by atoms with van der Waals surface area (Å²) in [4.78, 5) is 68.0. The fourth-order valence-corrected chi connectivity index (χ4v) is 4.58. The zero-order chi connectivity index (χ0) is 30.7. The molecule has 0 aromatic carbocycles. The van der Waals surface area contributed by atoms with Crippen molar-refractivity contribution >= 4 is 29.4 Å². The molecule has 2 rings (SSSR count). The Morgan fingerprint density at radius 2 is 1.66 bits per heavy atom. The maximum Gasteiger partial charge on any atom is 0.452 e. The van der Waals surface area contributed by atoms with E-state index < -0.39 is 47.8 Å². The van der Waals surface area contributed by atoms with E-state index in [0.29, 0.717) is 37.9 Å². The normalized spacial score (nSPS) is 16.8. The van der Waals surface area contributed by atoms with Crippen LogP contribution in [0.25, 0.3) is 0 Å². The lowest BCUT2D eigenvalue weighted by Gasteiger charge is -2.32. The highest BCUT2D eigenvalue weighted by atomic mass is 19.4. The van der Waals surface area contributed by atoms with Crippen LogP contribution in [0.1, 0.15) is 76.7 Å². The second-order valence-electron chi connectivity index (χ2n) is 10.9. The quantitative estimate of drug-likeness (QED) is 0.288. The van der Waals surface area contributed by atoms with Crippen LogP contribution in [0.2, 0.25) is 0 Å². The number of likely N-dealkylation sites (tertiary alicyclic amines) is 1. The summed E-state index contributed by atoms with van der Waals surface area (Å²) >= 11 is 0. The van der Waals surface area contributed by atoms with Crippen molar-refractivity contribution in [2.24, 2.45) is 11.8 Å². The summed E-state index contributed by atoms with van der Waals surface area (Å²) in [7, 11) is 0. The van der Waals surface area contributed by atoms with Gasteiger partial charge in [0.25, 0.3) is 11.7 Å². The number of carbonyl (C=O) groups excluding carboxylic acids is 5. The van der Waals surface area contributed by atoms with E-state index in [-0.39, 0.29) is 37.1 Å². The predicted molar refractivity (Wildman–Crippen MR) is 144 cm³/mol. The third kappa shape index (κ3) is 10.1. The number of hydrogen-bond acceptors (Lipinski definition) is 6. The van der Waals surface area contributed by atoms with E-state index in [2.05, 4.69) is 20.9 Å². The molecule has 0 aliphatic carbocycles. The minimum atomic E-state index is -5.10. The monoisotopic (exact) mass is 583 g/mol. The third-order valence-electron chi connectivity index (χ3n) is 6.88. The summed E-state index contributed by atoms with van der Waals surface area (Å²) in [5.41, 5.74) is 0.323. The van der Waals surface area contributed by atoms with E-state index in [1.165, 1.54) is 24.9 Å². The average Bonchev–Trinajstić information content (AvgIpc) is 3.41. The largest absolute Gasteiger partial charge is 0.452 e. The number of nitrogens with one attached hydrogen (secondary N) is 3. The minimum absolute atomic E-state index is 0.157. The molecule has 41 heavy (non-hydrogen) atoms. The molecule has 2 heterocycles. The summed E-state index contributed by atoms with van der Waals surface area (Å²) in [5, 5.41) is 7.70. The Balaban J connectivity index is 1.87. The highest BCUT2D eigenvalue weighted by molar-refractivity contribution is 5.96. The fourth-order valence-electron chi connectivity index (χ4n) is 4.58. The summed E-state index contributed by atoms with van der Waals surface area (Å²) in [6.45, 7) is 6.92. The van der Waals surface area contributed by atoms with Gasteiger partial charge >= 0.3 is 6.18 Å². The molecule has 1 aromatic heterocycles. The van der Waals surface area contributed by atoms with Crippen molar-refractivity contribution in [1.82, 2.24) is 25.8 Å². The average molecular weight is 584 g/mol. The smallest absolute Gasteiger partial charge is 0.351 e. The standard InChI is InChI=1S/C28H40F3N5O5/c1-17(2)22(24(38)28(29,30)31)35-26(40)20-12-10-16-36(20)27(41)23(18(3)4)34-21(37)13-6-5-8-15-33-25(39)19-11-7-9-14-32-19/h7,9,11,14,17-18,20,22-23H,5-6,8,10,12-13,15-16H2,1-4H3,(H,33,39)(H,34,37)(H,35,40)/t20-,22?,23?/m0/s1. The van der Waals surface area contributed by atoms with E-state index in [0.717, 1.165) is 0 Å². The van der Waals surface area contributed by atoms with Crippen LogP contribution in [0, 0.1) is 11.8 Å². The Labute approximate surface area is 238 Å². The number of nitrogens with zero attached hydrogens (tertiary/aromatic N) is 2. The van der Waals surface area contributed by atoms with Gasteiger partial charge in [-0.15, -0.1) is 0 Å². The van der Waals surface area contributed by atoms with Crippen LogP contribution < -0.4 is 16.0 Å². The third-order valence-corrected chi connectivity index (χ3v) is 6.88. The molecule has 0 saturated carbocycles. The lowest BCUT2D eigenvalue weighted by molar-refractivity contribution is -0.175. The molecule has 10 nitrogen and oxygen atoms in total. The number of hydrogen-bond donors (Lipinski definition) is 3. The van der Waals surface area contributed by atoms with Crippen molar-refractivity contribution in [2.45, 2.75) is 90.5 Å². The van der Waals surface area contributed by atoms with E-state index in [1.807, 2.05) is 0 Å². The molecule has 1 aliphatic rings. The Morgan fingerprint density at radius 1 is 0.976 bits per heavy atom. The van der Waals surface area contributed by atoms with Gasteiger partial charge in [0, 0.05) is 25.7 Å². The minimum Gasteiger partial charge on any atom is -0.351 e. The van der Waals surface area contributed by atoms with Crippen LogP contribution in [0.5, 0.6) is 0 Å². The number of alkyl halides is 3. The van der Waals surface area contributed by atoms with Crippen molar-refractivity contribution in [3.63, 3.8) is 0 Å². The zero-order valence-electron chi connectivity index (χ0n) is 23.9. The van der Waals surface area contributed by atoms with Crippen molar-refractivity contribution in [3.8, 4) is 0 Å². The molecule has 3 atom stereocenters. The molecule has 228 valence electrons. The summed E-state index contributed by atoms with van der Waals surface area (Å²) in [6.07, 6.45) is -0.877. The van der Waals surface area contributed by atoms with E-state index in [4.69, 9.17) is 0 Å². The first-order chi connectivity index (χ1) is 19.2. The topological polar surface area (TPSA) is 138 Å². The first-order valence-corrected chi connectivity index (χ1v) is 13.9. The molecule has 1 aliphatic heterocycles. The van der Waals surface area contributed by atoms with Gasteiger partial charge in [-0.2, -0.15) is 13.2 Å². The zero-order valence-corrected chi connectivity index (χ0v) is 23.9. The number of Topliss-reactive ketones (excluding diaryl/α,β-unsaturated/α-hetero) is 1. The first-order valence-electron chi connectivity index (χ1n) is 13.9. The number of unbranched alkanes of at least 4 members (excludes halogenated alkanes) is 2. The van der Waals surface area contributed by atoms with Gasteiger partial charge in [0.1, 0.15) is 17.8 Å². The summed E-state index contributed by atoms with van der Waals surface area (Å²) in [5.74, 6) is -5.10. The van der Waals surface area contributed by atoms with Gasteiger partial charge in [-0.05, 0) is 49.7 Å². The number of ketones is 1. The van der Waals surface area contributed by atoms with Gasteiger partial charge in [0.15, 0.2) is 0 Å². The van der Waals surface area contributed by atoms with Crippen LogP contribution in [-0.2, 0) is 19.2 Å². The van der Waals surface area contributed by atoms with Gasteiger partial charge in [0.05, 0.1) is 6.04 Å². The number of pyridine rings is 1. The second-order valence-corrected chi connectivity index (χ2v) is 10.9. The van der Waals surface area contributed by atoms with Crippen LogP contribution in [-0.4, -0.2) is 76.7 Å². The highest BCUT2D eigenvalue weighted by Gasteiger charge is 2.46. The Morgan fingerprint density at radius 3 is 2.24 bits per heavy atom. The van der Waals surface area contributed by atoms with Crippen molar-refractivity contribution < 1.29 is 37.1 Å². The van der Waals surface area contributed by atoms with Crippen molar-refractivity contribution in [3.05, 3.63) is 30.1 Å². The Kier molecular flexibility index (Phi) is 12.7. The Hall–Kier alpha value is -3.51. The van der Waals surface area contributed by atoms with Crippen LogP contribution in [0.4, 0.5) is 13.2 Å². The van der Waals surface area contributed by atoms with E-state index in [9.17, 15) is 37.1 Å². The molecule has 3 N–H and O–H groups in total. The Bertz CT molecular complexity index is 1060. The van der Waals surface area contributed by atoms with Gasteiger partial charge in [-0.1, -0.05) is 40.2 Å². The van der Waals surface area contributed by atoms with E-state index >= 15 is 0 Å². The molecule has 1 fully saturated rings. The molecule has 4 amide bonds. The van der Waals surface area contributed by atoms with Crippen LogP contribution in [0.3, 0.4) is 0 Å². The molecule has 0 bridgehead atoms. The predicted octanol–water partition coefficient (Wildman–Crippen LogP) is 2.78. The molecular formula is C28H40F3N5O5. The number of carbonyl (C=O) groups is 5. The molecular weight excluding hydrogens is 543 g/mol. The van der Waals surface area contributed by atoms with Crippen LogP contribution in [0.15, 0.2) is 24.4 Å². The highest BCUT2D eigenvalue weighted by Crippen LogP contribution is 2.24. The van der Waals surface area contributed by atoms with Gasteiger partial charge in [-0.25, -0.2) is 0 Å². The maximum absolute atomic E-state index is 13.4.